The minimum atomic E-state index is -0.745. The van der Waals surface area contributed by atoms with E-state index in [2.05, 4.69) is 0 Å². The van der Waals surface area contributed by atoms with Crippen molar-refractivity contribution in [2.24, 2.45) is 0 Å². The normalized spacial score (nSPS) is 9.15. The molecule has 0 unspecified atom stereocenters. The zero-order valence-electron chi connectivity index (χ0n) is 10.8. The second kappa shape index (κ2) is 17.3. The summed E-state index contributed by atoms with van der Waals surface area (Å²) >= 11 is 0. The van der Waals surface area contributed by atoms with E-state index in [1.54, 1.807) is 13.8 Å². The SMILES string of the molecule is CCC(=O)O.[3H]CC.[3H]CCC(=O)CC. The monoisotopic (exact) mass is 194 g/mol. The largest absolute Gasteiger partial charge is 0.481 e. The van der Waals surface area contributed by atoms with Crippen LogP contribution >= 0.6 is 0 Å². The van der Waals surface area contributed by atoms with E-state index in [4.69, 9.17) is 7.85 Å². The Hall–Kier alpha value is -0.860. The van der Waals surface area contributed by atoms with Crippen LogP contribution in [0.15, 0.2) is 0 Å². The molecule has 3 nitrogen and oxygen atoms in total. The van der Waals surface area contributed by atoms with Crippen molar-refractivity contribution in [3.8, 4) is 0 Å². The van der Waals surface area contributed by atoms with Gasteiger partial charge in [-0.15, -0.1) is 0 Å². The van der Waals surface area contributed by atoms with E-state index < -0.39 is 5.97 Å². The lowest BCUT2D eigenvalue weighted by molar-refractivity contribution is -0.136. The molecule has 0 aromatic carbocycles. The number of hydrogen-bond donors (Lipinski definition) is 1. The molecule has 80 valence electrons. The van der Waals surface area contributed by atoms with Gasteiger partial charge in [-0.25, -0.2) is 0 Å². The van der Waals surface area contributed by atoms with Gasteiger partial charge in [0.25, 0.3) is 0 Å². The van der Waals surface area contributed by atoms with Gasteiger partial charge in [-0.2, -0.15) is 0 Å². The van der Waals surface area contributed by atoms with Crippen LogP contribution in [0.25, 0.3) is 0 Å². The second-order valence-corrected chi connectivity index (χ2v) is 1.89. The molecule has 0 spiro atoms. The molecule has 0 aliphatic rings. The van der Waals surface area contributed by atoms with Crippen molar-refractivity contribution in [3.05, 3.63) is 0 Å². The van der Waals surface area contributed by atoms with Crippen molar-refractivity contribution in [1.29, 1.82) is 0 Å². The van der Waals surface area contributed by atoms with E-state index in [1.165, 1.54) is 0 Å². The van der Waals surface area contributed by atoms with Crippen molar-refractivity contribution in [2.75, 3.05) is 0 Å². The molecule has 0 atom stereocenters. The van der Waals surface area contributed by atoms with Crippen LogP contribution in [0.1, 0.15) is 56.6 Å². The first kappa shape index (κ1) is 12.1. The minimum absolute atomic E-state index is 0.190. The molecule has 0 radical (unpaired) electrons. The van der Waals surface area contributed by atoms with Crippen molar-refractivity contribution < 1.29 is 17.4 Å². The number of rotatable bonds is 3. The lowest BCUT2D eigenvalue weighted by atomic mass is 10.3. The van der Waals surface area contributed by atoms with E-state index in [0.29, 0.717) is 19.7 Å². The van der Waals surface area contributed by atoms with Gasteiger partial charge in [0.2, 0.25) is 0 Å². The molecule has 3 heteroatoms. The molecule has 1 N–H and O–H groups in total. The van der Waals surface area contributed by atoms with Crippen molar-refractivity contribution >= 4 is 11.8 Å². The molecular formula is C10H22O3. The fourth-order valence-electron chi connectivity index (χ4n) is 0.177. The second-order valence-electron chi connectivity index (χ2n) is 1.89. The molecule has 0 aliphatic carbocycles. The Morgan fingerprint density at radius 3 is 1.69 bits per heavy atom. The summed E-state index contributed by atoms with van der Waals surface area (Å²) in [6, 6.07) is 0. The highest BCUT2D eigenvalue weighted by molar-refractivity contribution is 5.77. The summed E-state index contributed by atoms with van der Waals surface area (Å²) in [6.45, 7) is 5.95. The van der Waals surface area contributed by atoms with Gasteiger partial charge in [-0.3, -0.25) is 9.59 Å². The summed E-state index contributed by atoms with van der Waals surface area (Å²) in [6.07, 6.45) is 1.23. The van der Waals surface area contributed by atoms with Crippen molar-refractivity contribution in [1.82, 2.24) is 0 Å². The van der Waals surface area contributed by atoms with Crippen LogP contribution in [-0.2, 0) is 9.59 Å². The summed E-state index contributed by atoms with van der Waals surface area (Å²) < 4.78 is 12.8. The fraction of sp³-hybridized carbons (Fsp3) is 0.800. The third kappa shape index (κ3) is 35.2. The fourth-order valence-corrected chi connectivity index (χ4v) is 0.177. The van der Waals surface area contributed by atoms with Crippen molar-refractivity contribution in [3.63, 3.8) is 0 Å². The van der Waals surface area contributed by atoms with Gasteiger partial charge in [0.15, 0.2) is 0 Å². The predicted molar refractivity (Wildman–Crippen MR) is 54.9 cm³/mol. The van der Waals surface area contributed by atoms with Crippen LogP contribution in [0.3, 0.4) is 0 Å². The van der Waals surface area contributed by atoms with Crippen LogP contribution in [0.2, 0.25) is 0 Å². The average Bonchev–Trinajstić information content (AvgIpc) is 2.20. The van der Waals surface area contributed by atoms with E-state index in [9.17, 15) is 9.59 Å². The third-order valence-corrected chi connectivity index (χ3v) is 0.976. The Labute approximate surface area is 84.0 Å². The smallest absolute Gasteiger partial charge is 0.303 e. The van der Waals surface area contributed by atoms with Gasteiger partial charge in [0.05, 0.1) is 0 Å². The number of ketones is 1. The van der Waals surface area contributed by atoms with Crippen LogP contribution in [0.5, 0.6) is 0 Å². The molecule has 0 heterocycles. The summed E-state index contributed by atoms with van der Waals surface area (Å²) in [5.74, 6) is -0.556. The molecule has 0 fully saturated rings. The lowest BCUT2D eigenvalue weighted by Crippen LogP contribution is -1.88. The molecule has 13 heavy (non-hydrogen) atoms. The van der Waals surface area contributed by atoms with Gasteiger partial charge in [0, 0.05) is 22.0 Å². The molecule has 0 bridgehead atoms. The molecule has 0 amide bonds. The standard InChI is InChI=1S/C5H10O.C3H6O2.C2H6/c1-3-5(6)4-2;1-2-3(4)5;1-2/h3-4H2,1-2H3;2H2,1H3,(H,4,5);1-2H3/i1T;;1T. The van der Waals surface area contributed by atoms with Crippen LogP contribution < -0.4 is 0 Å². The van der Waals surface area contributed by atoms with Gasteiger partial charge in [-0.1, -0.05) is 34.6 Å². The van der Waals surface area contributed by atoms with E-state index in [0.717, 1.165) is 0 Å². The number of carbonyl (C=O) groups is 2. The van der Waals surface area contributed by atoms with Gasteiger partial charge < -0.3 is 5.11 Å². The molecule has 0 saturated heterocycles. The Morgan fingerprint density at radius 2 is 1.62 bits per heavy atom. The van der Waals surface area contributed by atoms with Crippen LogP contribution in [0, 0.1) is 0 Å². The molecular weight excluding hydrogens is 168 g/mol. The van der Waals surface area contributed by atoms with E-state index in [1.807, 2.05) is 6.92 Å². The Balaban J connectivity index is -0.000000158. The Kier molecular flexibility index (Phi) is 16.1. The first-order valence-electron chi connectivity index (χ1n) is 5.73. The highest BCUT2D eigenvalue weighted by Gasteiger charge is 1.86. The predicted octanol–water partition coefficient (Wildman–Crippen LogP) is 2.88. The highest BCUT2D eigenvalue weighted by Crippen LogP contribution is 1.83. The number of hydrogen-bond acceptors (Lipinski definition) is 2. The molecule has 0 rings (SSSR count). The quantitative estimate of drug-likeness (QED) is 0.751. The van der Waals surface area contributed by atoms with Gasteiger partial charge in [-0.05, 0) is 0 Å². The van der Waals surface area contributed by atoms with Gasteiger partial charge in [0.1, 0.15) is 5.78 Å². The number of aliphatic carboxylic acids is 1. The maximum Gasteiger partial charge on any atom is 0.303 e. The highest BCUT2D eigenvalue weighted by atomic mass is 16.4. The molecule has 0 aliphatic heterocycles. The Bertz CT molecular complexity index is 150. The molecule has 0 aromatic rings. The summed E-state index contributed by atoms with van der Waals surface area (Å²) in [5.41, 5.74) is 0. The zero-order chi connectivity index (χ0) is 12.7. The number of carbonyl (C=O) groups excluding carboxylic acids is 1. The van der Waals surface area contributed by atoms with Gasteiger partial charge >= 0.3 is 5.97 Å². The first-order chi connectivity index (χ1) is 6.99. The topological polar surface area (TPSA) is 54.4 Å². The van der Waals surface area contributed by atoms with Crippen molar-refractivity contribution in [2.45, 2.75) is 53.8 Å². The summed E-state index contributed by atoms with van der Waals surface area (Å²) in [5, 5.41) is 7.72. The van der Waals surface area contributed by atoms with Crippen LogP contribution in [0.4, 0.5) is 0 Å². The van der Waals surface area contributed by atoms with E-state index in [-0.39, 0.29) is 19.1 Å². The minimum Gasteiger partial charge on any atom is -0.481 e. The molecule has 0 aromatic heterocycles. The summed E-state index contributed by atoms with van der Waals surface area (Å²) in [7, 11) is 0. The maximum absolute atomic E-state index is 10.3. The number of Topliss-reactive ketones (excluding diaryl/α,β-unsaturated/α-hetero) is 1. The lowest BCUT2D eigenvalue weighted by Gasteiger charge is -1.81. The van der Waals surface area contributed by atoms with Crippen LogP contribution in [-0.4, -0.2) is 16.9 Å². The number of carboxylic acids is 1. The number of carboxylic acid groups (broad SMARTS) is 1. The third-order valence-electron chi connectivity index (χ3n) is 0.976. The van der Waals surface area contributed by atoms with E-state index >= 15 is 0 Å². The summed E-state index contributed by atoms with van der Waals surface area (Å²) in [4.78, 5) is 19.7. The Morgan fingerprint density at radius 1 is 1.23 bits per heavy atom. The molecule has 0 saturated carbocycles. The first-order valence-corrected chi connectivity index (χ1v) is 4.31. The average molecular weight is 194 g/mol. The zero-order valence-corrected chi connectivity index (χ0v) is 8.80. The maximum atomic E-state index is 10.3.